The van der Waals surface area contributed by atoms with Gasteiger partial charge in [0.25, 0.3) is 5.56 Å². The molecule has 4 aromatic rings. The third-order valence-corrected chi connectivity index (χ3v) is 3.91. The summed E-state index contributed by atoms with van der Waals surface area (Å²) < 4.78 is 1.23. The van der Waals surface area contributed by atoms with Crippen LogP contribution in [-0.2, 0) is 0 Å². The zero-order valence-electron chi connectivity index (χ0n) is 12.9. The van der Waals surface area contributed by atoms with E-state index in [9.17, 15) is 9.90 Å². The maximum absolute atomic E-state index is 12.7. The van der Waals surface area contributed by atoms with Crippen molar-refractivity contribution in [3.8, 4) is 5.75 Å². The molecule has 2 N–H and O–H groups in total. The Labute approximate surface area is 136 Å². The molecule has 0 aliphatic carbocycles. The molecule has 0 unspecified atom stereocenters. The second-order valence-electron chi connectivity index (χ2n) is 5.47. The van der Waals surface area contributed by atoms with E-state index < -0.39 is 0 Å². The molecule has 0 amide bonds. The van der Waals surface area contributed by atoms with Gasteiger partial charge in [0.2, 0.25) is 0 Å². The summed E-state index contributed by atoms with van der Waals surface area (Å²) in [6, 6.07) is 14.4. The van der Waals surface area contributed by atoms with E-state index >= 15 is 0 Å². The SMILES string of the molecule is Cc1nc2c([nH]c3ccccc32)c(=O)n1/N=C\c1ccccc1O. The average molecular weight is 318 g/mol. The molecular formula is C18H14N4O2. The Hall–Kier alpha value is -3.41. The van der Waals surface area contributed by atoms with Crippen LogP contribution in [0.5, 0.6) is 5.75 Å². The lowest BCUT2D eigenvalue weighted by Crippen LogP contribution is -2.20. The van der Waals surface area contributed by atoms with E-state index in [0.29, 0.717) is 22.4 Å². The van der Waals surface area contributed by atoms with E-state index in [1.54, 1.807) is 31.2 Å². The summed E-state index contributed by atoms with van der Waals surface area (Å²) in [5.41, 5.74) is 2.16. The van der Waals surface area contributed by atoms with E-state index in [-0.39, 0.29) is 11.3 Å². The molecule has 6 heteroatoms. The van der Waals surface area contributed by atoms with Gasteiger partial charge in [-0.1, -0.05) is 30.3 Å². The number of aromatic amines is 1. The molecule has 2 aromatic carbocycles. The Morgan fingerprint density at radius 3 is 2.75 bits per heavy atom. The summed E-state index contributed by atoms with van der Waals surface area (Å²) in [4.78, 5) is 20.4. The summed E-state index contributed by atoms with van der Waals surface area (Å²) in [6.45, 7) is 1.73. The minimum absolute atomic E-state index is 0.103. The number of nitrogens with zero attached hydrogens (tertiary/aromatic N) is 3. The normalized spacial score (nSPS) is 11.7. The number of nitrogens with one attached hydrogen (secondary N) is 1. The fourth-order valence-corrected chi connectivity index (χ4v) is 2.71. The van der Waals surface area contributed by atoms with Crippen molar-refractivity contribution in [1.29, 1.82) is 0 Å². The lowest BCUT2D eigenvalue weighted by atomic mass is 10.2. The first-order chi connectivity index (χ1) is 11.6. The highest BCUT2D eigenvalue weighted by atomic mass is 16.3. The van der Waals surface area contributed by atoms with Crippen LogP contribution in [0.25, 0.3) is 21.9 Å². The molecule has 0 saturated heterocycles. The number of hydrogen-bond donors (Lipinski definition) is 2. The Morgan fingerprint density at radius 1 is 1.17 bits per heavy atom. The van der Waals surface area contributed by atoms with Crippen molar-refractivity contribution in [3.05, 3.63) is 70.3 Å². The standard InChI is InChI=1S/C18H14N4O2/c1-11-20-16-13-7-3-4-8-14(13)21-17(16)18(24)22(11)19-10-12-6-2-5-9-15(12)23/h2-10,21,23H,1H3/b19-10-. The van der Waals surface area contributed by atoms with Crippen molar-refractivity contribution in [2.24, 2.45) is 5.10 Å². The Bertz CT molecular complexity index is 1150. The Balaban J connectivity index is 1.92. The number of aromatic nitrogens is 3. The fourth-order valence-electron chi connectivity index (χ4n) is 2.71. The minimum atomic E-state index is -0.277. The number of aryl methyl sites for hydroxylation is 1. The van der Waals surface area contributed by atoms with Gasteiger partial charge in [0.05, 0.1) is 6.21 Å². The van der Waals surface area contributed by atoms with Gasteiger partial charge in [0, 0.05) is 16.5 Å². The third kappa shape index (κ3) is 2.16. The molecule has 0 aliphatic rings. The molecule has 0 atom stereocenters. The van der Waals surface area contributed by atoms with Gasteiger partial charge >= 0.3 is 0 Å². The molecule has 0 bridgehead atoms. The average Bonchev–Trinajstić information content (AvgIpc) is 2.95. The predicted octanol–water partition coefficient (Wildman–Crippen LogP) is 2.77. The van der Waals surface area contributed by atoms with E-state index in [2.05, 4.69) is 15.1 Å². The van der Waals surface area contributed by atoms with Crippen LogP contribution < -0.4 is 5.56 Å². The smallest absolute Gasteiger partial charge is 0.298 e. The summed E-state index contributed by atoms with van der Waals surface area (Å²) in [7, 11) is 0. The number of para-hydroxylation sites is 2. The predicted molar refractivity (Wildman–Crippen MR) is 93.7 cm³/mol. The molecule has 6 nitrogen and oxygen atoms in total. The van der Waals surface area contributed by atoms with Crippen LogP contribution in [0.2, 0.25) is 0 Å². The van der Waals surface area contributed by atoms with Crippen LogP contribution in [0.4, 0.5) is 0 Å². The minimum Gasteiger partial charge on any atom is -0.507 e. The summed E-state index contributed by atoms with van der Waals surface area (Å²) in [5, 5.41) is 14.9. The first-order valence-corrected chi connectivity index (χ1v) is 7.47. The van der Waals surface area contributed by atoms with Crippen LogP contribution in [0.1, 0.15) is 11.4 Å². The lowest BCUT2D eigenvalue weighted by molar-refractivity contribution is 0.474. The number of H-pyrrole nitrogens is 1. The lowest BCUT2D eigenvalue weighted by Gasteiger charge is -2.03. The molecule has 0 spiro atoms. The van der Waals surface area contributed by atoms with Crippen LogP contribution in [0, 0.1) is 6.92 Å². The summed E-state index contributed by atoms with van der Waals surface area (Å²) in [6.07, 6.45) is 1.44. The molecule has 24 heavy (non-hydrogen) atoms. The van der Waals surface area contributed by atoms with Crippen LogP contribution >= 0.6 is 0 Å². The van der Waals surface area contributed by atoms with Gasteiger partial charge in [-0.25, -0.2) is 4.98 Å². The quantitative estimate of drug-likeness (QED) is 0.557. The second-order valence-corrected chi connectivity index (χ2v) is 5.47. The number of benzene rings is 2. The van der Waals surface area contributed by atoms with Crippen molar-refractivity contribution in [3.63, 3.8) is 0 Å². The first kappa shape index (κ1) is 14.2. The number of hydrogen-bond acceptors (Lipinski definition) is 4. The summed E-state index contributed by atoms with van der Waals surface area (Å²) >= 11 is 0. The number of aromatic hydroxyl groups is 1. The van der Waals surface area contributed by atoms with E-state index in [0.717, 1.165) is 10.9 Å². The fraction of sp³-hybridized carbons (Fsp3) is 0.0556. The molecule has 0 fully saturated rings. The van der Waals surface area contributed by atoms with Crippen molar-refractivity contribution >= 4 is 28.2 Å². The third-order valence-electron chi connectivity index (χ3n) is 3.91. The molecule has 0 aliphatic heterocycles. The monoisotopic (exact) mass is 318 g/mol. The van der Waals surface area contributed by atoms with Gasteiger partial charge in [-0.3, -0.25) is 4.79 Å². The molecule has 2 heterocycles. The first-order valence-electron chi connectivity index (χ1n) is 7.47. The van der Waals surface area contributed by atoms with Gasteiger partial charge in [-0.2, -0.15) is 9.78 Å². The second kappa shape index (κ2) is 5.34. The topological polar surface area (TPSA) is 83.3 Å². The maximum Gasteiger partial charge on any atom is 0.298 e. The van der Waals surface area contributed by atoms with Gasteiger partial charge in [0.15, 0.2) is 0 Å². The zero-order valence-corrected chi connectivity index (χ0v) is 12.9. The van der Waals surface area contributed by atoms with Gasteiger partial charge in [0.1, 0.15) is 22.6 Å². The number of phenols is 1. The molecule has 0 radical (unpaired) electrons. The zero-order chi connectivity index (χ0) is 16.7. The maximum atomic E-state index is 12.7. The highest BCUT2D eigenvalue weighted by Crippen LogP contribution is 2.21. The Kier molecular flexibility index (Phi) is 3.16. The Morgan fingerprint density at radius 2 is 1.92 bits per heavy atom. The van der Waals surface area contributed by atoms with Crippen LogP contribution in [0.3, 0.4) is 0 Å². The van der Waals surface area contributed by atoms with Crippen LogP contribution in [-0.4, -0.2) is 26.0 Å². The van der Waals surface area contributed by atoms with Crippen molar-refractivity contribution in [1.82, 2.24) is 14.6 Å². The number of phenolic OH excluding ortho intramolecular Hbond substituents is 1. The highest BCUT2D eigenvalue weighted by Gasteiger charge is 2.12. The molecule has 4 rings (SSSR count). The number of rotatable bonds is 2. The van der Waals surface area contributed by atoms with Crippen molar-refractivity contribution < 1.29 is 5.11 Å². The van der Waals surface area contributed by atoms with Crippen molar-refractivity contribution in [2.75, 3.05) is 0 Å². The highest BCUT2D eigenvalue weighted by molar-refractivity contribution is 6.04. The molecular weight excluding hydrogens is 304 g/mol. The number of fused-ring (bicyclic) bond motifs is 3. The van der Waals surface area contributed by atoms with Gasteiger partial charge in [-0.15, -0.1) is 0 Å². The van der Waals surface area contributed by atoms with E-state index in [1.807, 2.05) is 24.3 Å². The molecule has 0 saturated carbocycles. The van der Waals surface area contributed by atoms with E-state index in [1.165, 1.54) is 10.9 Å². The molecule has 2 aromatic heterocycles. The largest absolute Gasteiger partial charge is 0.507 e. The van der Waals surface area contributed by atoms with Gasteiger partial charge < -0.3 is 10.1 Å². The van der Waals surface area contributed by atoms with Crippen LogP contribution in [0.15, 0.2) is 58.4 Å². The summed E-state index contributed by atoms with van der Waals surface area (Å²) in [5.74, 6) is 0.579. The van der Waals surface area contributed by atoms with Gasteiger partial charge in [-0.05, 0) is 25.1 Å². The molecule has 118 valence electrons. The van der Waals surface area contributed by atoms with E-state index in [4.69, 9.17) is 0 Å². The van der Waals surface area contributed by atoms with Crippen molar-refractivity contribution in [2.45, 2.75) is 6.92 Å².